The minimum atomic E-state index is -1.18. The number of aromatic nitrogens is 1. The molecule has 0 radical (unpaired) electrons. The highest BCUT2D eigenvalue weighted by molar-refractivity contribution is 5.87. The fourth-order valence-electron chi connectivity index (χ4n) is 3.19. The molecule has 0 bridgehead atoms. The number of rotatable bonds is 2. The van der Waals surface area contributed by atoms with Gasteiger partial charge in [-0.05, 0) is 25.7 Å². The molecule has 2 N–H and O–H groups in total. The van der Waals surface area contributed by atoms with Crippen molar-refractivity contribution in [3.8, 4) is 28.5 Å². The number of carboxylic acids is 1. The lowest BCUT2D eigenvalue weighted by Crippen LogP contribution is -2.16. The molecular formula is C16H15NO6. The number of hydrogen-bond acceptors (Lipinski definition) is 6. The number of ether oxygens (including phenoxy) is 2. The fourth-order valence-corrected chi connectivity index (χ4v) is 3.19. The monoisotopic (exact) mass is 317 g/mol. The molecule has 0 saturated heterocycles. The highest BCUT2D eigenvalue weighted by Gasteiger charge is 2.31. The fraction of sp³-hybridized carbons (Fsp3) is 0.375. The summed E-state index contributed by atoms with van der Waals surface area (Å²) in [6.07, 6.45) is 2.98. The van der Waals surface area contributed by atoms with Crippen LogP contribution in [0.1, 0.15) is 34.5 Å². The number of fused-ring (bicyclic) bond motifs is 2. The lowest BCUT2D eigenvalue weighted by molar-refractivity contribution is 0.0652. The summed E-state index contributed by atoms with van der Waals surface area (Å²) in [6, 6.07) is 1.38. The predicted octanol–water partition coefficient (Wildman–Crippen LogP) is 2.40. The van der Waals surface area contributed by atoms with E-state index in [0.29, 0.717) is 54.4 Å². The van der Waals surface area contributed by atoms with E-state index in [2.05, 4.69) is 5.16 Å². The quantitative estimate of drug-likeness (QED) is 0.876. The summed E-state index contributed by atoms with van der Waals surface area (Å²) in [4.78, 5) is 11.0. The van der Waals surface area contributed by atoms with Gasteiger partial charge in [-0.3, -0.25) is 0 Å². The number of benzene rings is 1. The van der Waals surface area contributed by atoms with Gasteiger partial charge in [-0.1, -0.05) is 5.16 Å². The van der Waals surface area contributed by atoms with Crippen LogP contribution in [0, 0.1) is 0 Å². The second kappa shape index (κ2) is 5.19. The average Bonchev–Trinajstić information content (AvgIpc) is 3.05. The molecule has 23 heavy (non-hydrogen) atoms. The predicted molar refractivity (Wildman–Crippen MR) is 78.2 cm³/mol. The van der Waals surface area contributed by atoms with E-state index in [1.54, 1.807) is 0 Å². The van der Waals surface area contributed by atoms with Gasteiger partial charge >= 0.3 is 5.97 Å². The number of phenolic OH excluding ortho intramolecular Hbond substituents is 1. The maximum Gasteiger partial charge on any atom is 0.374 e. The Kier molecular flexibility index (Phi) is 3.14. The summed E-state index contributed by atoms with van der Waals surface area (Å²) in [5.74, 6) is -0.274. The molecule has 0 atom stereocenters. The van der Waals surface area contributed by atoms with Crippen LogP contribution >= 0.6 is 0 Å². The average molecular weight is 317 g/mol. The van der Waals surface area contributed by atoms with E-state index >= 15 is 0 Å². The van der Waals surface area contributed by atoms with Crippen LogP contribution in [0.25, 0.3) is 11.3 Å². The maximum absolute atomic E-state index is 11.0. The van der Waals surface area contributed by atoms with Crippen LogP contribution in [-0.4, -0.2) is 34.6 Å². The van der Waals surface area contributed by atoms with Crippen LogP contribution in [0.2, 0.25) is 0 Å². The molecule has 2 aromatic rings. The number of carbonyl (C=O) groups is 1. The Balaban J connectivity index is 1.98. The first-order chi connectivity index (χ1) is 11.2. The largest absolute Gasteiger partial charge is 0.504 e. The van der Waals surface area contributed by atoms with E-state index in [-0.39, 0.29) is 11.5 Å². The number of aromatic carboxylic acids is 1. The third-order valence-corrected chi connectivity index (χ3v) is 4.19. The van der Waals surface area contributed by atoms with Gasteiger partial charge in [0.1, 0.15) is 11.4 Å². The summed E-state index contributed by atoms with van der Waals surface area (Å²) in [5, 5.41) is 23.4. The zero-order valence-electron chi connectivity index (χ0n) is 12.3. The summed E-state index contributed by atoms with van der Waals surface area (Å²) >= 11 is 0. The molecule has 0 aliphatic carbocycles. The van der Waals surface area contributed by atoms with Gasteiger partial charge in [0.05, 0.1) is 18.8 Å². The molecule has 0 saturated carbocycles. The molecule has 0 amide bonds. The van der Waals surface area contributed by atoms with Crippen LogP contribution in [0.3, 0.4) is 0 Å². The second-order valence-corrected chi connectivity index (χ2v) is 5.62. The molecule has 7 heteroatoms. The molecular weight excluding hydrogens is 302 g/mol. The van der Waals surface area contributed by atoms with E-state index in [1.165, 1.54) is 6.07 Å². The van der Waals surface area contributed by atoms with Crippen molar-refractivity contribution < 1.29 is 29.0 Å². The number of nitrogens with zero attached hydrogens (tertiary/aromatic N) is 1. The molecule has 2 aliphatic heterocycles. The highest BCUT2D eigenvalue weighted by atomic mass is 16.5. The van der Waals surface area contributed by atoms with Gasteiger partial charge in [0, 0.05) is 17.2 Å². The first-order valence-corrected chi connectivity index (χ1v) is 7.53. The molecule has 0 fully saturated rings. The zero-order valence-corrected chi connectivity index (χ0v) is 12.3. The zero-order chi connectivity index (χ0) is 16.0. The van der Waals surface area contributed by atoms with Crippen LogP contribution in [-0.2, 0) is 12.8 Å². The first kappa shape index (κ1) is 13.9. The number of carboxylic acid groups (broad SMARTS) is 1. The second-order valence-electron chi connectivity index (χ2n) is 5.62. The maximum atomic E-state index is 11.0. The van der Waals surface area contributed by atoms with Gasteiger partial charge in [0.15, 0.2) is 11.5 Å². The number of aromatic hydroxyl groups is 1. The Morgan fingerprint density at radius 1 is 1.09 bits per heavy atom. The smallest absolute Gasteiger partial charge is 0.374 e. The molecule has 1 aromatic heterocycles. The Hall–Kier alpha value is -2.70. The Bertz CT molecular complexity index is 757. The summed E-state index contributed by atoms with van der Waals surface area (Å²) < 4.78 is 16.3. The third-order valence-electron chi connectivity index (χ3n) is 4.19. The van der Waals surface area contributed by atoms with Crippen molar-refractivity contribution in [1.29, 1.82) is 0 Å². The van der Waals surface area contributed by atoms with E-state index in [0.717, 1.165) is 18.4 Å². The normalized spacial score (nSPS) is 16.0. The van der Waals surface area contributed by atoms with Crippen molar-refractivity contribution in [3.05, 3.63) is 23.0 Å². The van der Waals surface area contributed by atoms with Gasteiger partial charge in [0.25, 0.3) is 0 Å². The minimum Gasteiger partial charge on any atom is -0.504 e. The Labute approximate surface area is 131 Å². The summed E-state index contributed by atoms with van der Waals surface area (Å²) in [7, 11) is 0. The minimum absolute atomic E-state index is 0.125. The molecule has 4 rings (SSSR count). The summed E-state index contributed by atoms with van der Waals surface area (Å²) in [6.45, 7) is 1.08. The molecule has 7 nitrogen and oxygen atoms in total. The lowest BCUT2D eigenvalue weighted by atomic mass is 9.90. The summed E-state index contributed by atoms with van der Waals surface area (Å²) in [5.41, 5.74) is 2.54. The molecule has 0 unspecified atom stereocenters. The van der Waals surface area contributed by atoms with Gasteiger partial charge in [-0.15, -0.1) is 0 Å². The molecule has 120 valence electrons. The highest BCUT2D eigenvalue weighted by Crippen LogP contribution is 2.51. The Morgan fingerprint density at radius 2 is 1.78 bits per heavy atom. The molecule has 2 aliphatic rings. The number of hydrogen-bond donors (Lipinski definition) is 2. The van der Waals surface area contributed by atoms with Gasteiger partial charge in [0.2, 0.25) is 5.76 Å². The SMILES string of the molecule is O=C(O)c1cc(-c2c3c(c(O)c4c2OCCC4)OCCC3)no1. The molecule has 3 heterocycles. The van der Waals surface area contributed by atoms with Crippen molar-refractivity contribution in [1.82, 2.24) is 5.16 Å². The molecule has 1 aromatic carbocycles. The van der Waals surface area contributed by atoms with Gasteiger partial charge in [-0.2, -0.15) is 0 Å². The van der Waals surface area contributed by atoms with Crippen molar-refractivity contribution in [3.63, 3.8) is 0 Å². The van der Waals surface area contributed by atoms with Crippen molar-refractivity contribution >= 4 is 5.97 Å². The van der Waals surface area contributed by atoms with Crippen LogP contribution < -0.4 is 9.47 Å². The van der Waals surface area contributed by atoms with E-state index in [1.807, 2.05) is 0 Å². The Morgan fingerprint density at radius 3 is 2.48 bits per heavy atom. The van der Waals surface area contributed by atoms with E-state index in [4.69, 9.17) is 19.1 Å². The van der Waals surface area contributed by atoms with E-state index < -0.39 is 5.97 Å². The van der Waals surface area contributed by atoms with Crippen molar-refractivity contribution in [2.24, 2.45) is 0 Å². The van der Waals surface area contributed by atoms with Crippen LogP contribution in [0.5, 0.6) is 17.2 Å². The standard InChI is InChI=1S/C16H15NO6/c18-13-9-4-2-5-21-14(9)12(8-3-1-6-22-15(8)13)10-7-11(16(19)20)23-17-10/h7,18H,1-6H2,(H,19,20). The molecule has 0 spiro atoms. The van der Waals surface area contributed by atoms with Crippen molar-refractivity contribution in [2.75, 3.05) is 13.2 Å². The third kappa shape index (κ3) is 2.11. The van der Waals surface area contributed by atoms with Crippen LogP contribution in [0.15, 0.2) is 10.6 Å². The number of phenols is 1. The van der Waals surface area contributed by atoms with Gasteiger partial charge < -0.3 is 24.2 Å². The topological polar surface area (TPSA) is 102 Å². The van der Waals surface area contributed by atoms with Gasteiger partial charge in [-0.25, -0.2) is 4.79 Å². The van der Waals surface area contributed by atoms with Crippen molar-refractivity contribution in [2.45, 2.75) is 25.7 Å². The van der Waals surface area contributed by atoms with Crippen LogP contribution in [0.4, 0.5) is 0 Å². The lowest BCUT2D eigenvalue weighted by Gasteiger charge is -2.28. The first-order valence-electron chi connectivity index (χ1n) is 7.53. The van der Waals surface area contributed by atoms with E-state index in [9.17, 15) is 9.90 Å².